The highest BCUT2D eigenvalue weighted by Crippen LogP contribution is 2.52. The number of fused-ring (bicyclic) bond motifs is 22. The van der Waals surface area contributed by atoms with Gasteiger partial charge < -0.3 is 113 Å². The molecule has 4 fully saturated rings. The Morgan fingerprint density at radius 3 is 1.11 bits per heavy atom. The normalized spacial score (nSPS) is 21.5. The number of hydrogen-bond donors (Lipinski definition) is 6. The minimum atomic E-state index is -0.577. The summed E-state index contributed by atoms with van der Waals surface area (Å²) in [5, 5.41) is 16.3. The molecule has 0 aliphatic carbocycles. The van der Waals surface area contributed by atoms with Crippen molar-refractivity contribution < 1.29 is 86.1 Å². The highest BCUT2D eigenvalue weighted by Gasteiger charge is 2.53. The summed E-state index contributed by atoms with van der Waals surface area (Å²) in [6, 6.07) is 58.6. The first-order chi connectivity index (χ1) is 63.7. The summed E-state index contributed by atoms with van der Waals surface area (Å²) < 4.78 is 50.3. The van der Waals surface area contributed by atoms with E-state index in [9.17, 15) is 43.5 Å². The van der Waals surface area contributed by atoms with E-state index in [1.165, 1.54) is 19.6 Å². The van der Waals surface area contributed by atoms with Gasteiger partial charge in [0.15, 0.2) is 46.0 Å². The van der Waals surface area contributed by atoms with Crippen LogP contribution in [-0.4, -0.2) is 217 Å². The average molecular weight is 1760 g/mol. The first-order valence-electron chi connectivity index (χ1n) is 43.6. The number of H-pyrrole nitrogens is 4. The van der Waals surface area contributed by atoms with Gasteiger partial charge in [-0.2, -0.15) is 0 Å². The molecule has 10 aromatic carbocycles. The molecule has 7 N–H and O–H groups in total. The quantitative estimate of drug-likeness (QED) is 0.0823. The number of piperazine rings is 4. The smallest absolute Gasteiger partial charge is 0.245 e. The maximum absolute atomic E-state index is 13.3. The molecule has 131 heavy (non-hydrogen) atoms. The van der Waals surface area contributed by atoms with Gasteiger partial charge in [0.1, 0.15) is 42.3 Å². The molecule has 12 aliphatic heterocycles. The van der Waals surface area contributed by atoms with Crippen molar-refractivity contribution >= 4 is 102 Å². The van der Waals surface area contributed by atoms with E-state index in [0.717, 1.165) is 139 Å². The minimum Gasteiger partial charge on any atom is -0.508 e. The minimum absolute atomic E-state index is 0.0267. The van der Waals surface area contributed by atoms with Crippen LogP contribution < -0.4 is 48.4 Å². The van der Waals surface area contributed by atoms with Gasteiger partial charge in [-0.25, -0.2) is 0 Å². The molecule has 31 nitrogen and oxygen atoms in total. The van der Waals surface area contributed by atoms with Gasteiger partial charge in [0, 0.05) is 139 Å². The molecule has 26 rings (SSSR count). The molecule has 660 valence electrons. The van der Waals surface area contributed by atoms with E-state index in [-0.39, 0.29) is 106 Å². The number of likely N-dealkylation sites (N-methyl/N-ethyl adjacent to an activating group) is 4. The number of aromatic nitrogens is 4. The number of phenols is 1. The van der Waals surface area contributed by atoms with Crippen LogP contribution in [0.15, 0.2) is 194 Å². The zero-order valence-electron chi connectivity index (χ0n) is 71.5. The first kappa shape index (κ1) is 79.9. The van der Waals surface area contributed by atoms with E-state index in [2.05, 4.69) is 50.3 Å². The van der Waals surface area contributed by atoms with Crippen LogP contribution in [0.3, 0.4) is 0 Å². The zero-order chi connectivity index (χ0) is 89.2. The van der Waals surface area contributed by atoms with Crippen LogP contribution in [0, 0.1) is 0 Å². The third-order valence-corrected chi connectivity index (χ3v) is 27.4. The maximum atomic E-state index is 13.3. The summed E-state index contributed by atoms with van der Waals surface area (Å²) >= 11 is 0. The summed E-state index contributed by atoms with van der Waals surface area (Å²) in [6.07, 6.45) is 1.85. The van der Waals surface area contributed by atoms with E-state index >= 15 is 0 Å². The lowest BCUT2D eigenvalue weighted by Crippen LogP contribution is -2.62. The second-order valence-electron chi connectivity index (χ2n) is 35.0. The average Bonchev–Trinajstić information content (AvgIpc) is 1.61. The lowest BCUT2D eigenvalue weighted by molar-refractivity contribution is -0.157. The van der Waals surface area contributed by atoms with Crippen LogP contribution in [-0.2, 0) is 77.2 Å². The Bertz CT molecular complexity index is 7200. The second kappa shape index (κ2) is 31.1. The molecule has 0 radical (unpaired) electrons. The standard InChI is InChI=1S/C29H25N3O5.C26H21N3O4.C23H22N4O4.C22H19N3O5/c1-31-14-26(33)32-23(29(31)34)13-21-20-9-8-19(35-15-17-5-3-2-4-6-17)12-22(20)30-27(21)28(32)18-7-10-24-25(11-18)37-16-36-24;1-28-12-22(30)29-19(26(28)31)11-18-17-8-6-14-4-2-3-5-16(14)23(17)27-24(18)25(29)15-7-9-20-21(10-15)33-13-32-20;1-26-10-20(28)27-17(23(26)29)8-15-14-4-2-12(9-24)6-16(14)25-21(15)22(27)13-3-5-18-19(7-13)31-11-30-18;1-24-9-19(27)25-16(22(24)28)8-14-13-4-3-12(26)7-15(13)23-20(14)21(25)11-2-5-17-18(6-11)30-10-29-17/h2-12,23,28,30H,13-16H2,1H3;2-10,19,25,27H,11-13H2,1H3;2-7,17,22,25H,8-11,24H2,1H3;2-7,16,21,23,26H,8-10H2,1H3/t23-,28-;19-,25-;17-,22-;16-,21-/m1111/s1. The van der Waals surface area contributed by atoms with Crippen LogP contribution in [0.25, 0.3) is 54.4 Å². The SMILES string of the molecule is CN1CC(=O)N2[C@H](c3ccc4c(c3)OCO4)c3[nH]c4c(ccc5ccccc54)c3C[C@@H]2C1=O.CN1CC(=O)N2[C@H](c3ccc4c(c3)OCO4)c3[nH]c4cc(CN)ccc4c3C[C@@H]2C1=O.CN1CC(=O)N2[C@H](c3ccc4c(c3)OCO4)c3[nH]c4cc(O)ccc4c3C[C@@H]2C1=O.CN1CC(=O)N2[C@H](c3ccc4c(c3)OCO4)c3[nH]c4cc(OCc5ccccc5)ccc4c3C[C@@H]2C1=O. The summed E-state index contributed by atoms with van der Waals surface area (Å²) in [5.74, 6) is 5.70. The zero-order valence-corrected chi connectivity index (χ0v) is 71.5. The fourth-order valence-electron chi connectivity index (χ4n) is 21.3. The van der Waals surface area contributed by atoms with E-state index in [1.807, 2.05) is 152 Å². The molecule has 0 spiro atoms. The second-order valence-corrected chi connectivity index (χ2v) is 35.0. The maximum Gasteiger partial charge on any atom is 0.245 e. The number of hydrogen-bond acceptors (Lipinski definition) is 19. The van der Waals surface area contributed by atoms with E-state index in [0.29, 0.717) is 84.8 Å². The number of rotatable bonds is 8. The van der Waals surface area contributed by atoms with Gasteiger partial charge in [-0.3, -0.25) is 38.4 Å². The number of nitrogens with zero attached hydrogens (tertiary/aromatic N) is 8. The van der Waals surface area contributed by atoms with Crippen molar-refractivity contribution in [2.45, 2.75) is 87.2 Å². The highest BCUT2D eigenvalue weighted by molar-refractivity contribution is 6.09. The Morgan fingerprint density at radius 1 is 0.344 bits per heavy atom. The number of amides is 8. The van der Waals surface area contributed by atoms with Gasteiger partial charge in [-0.1, -0.05) is 103 Å². The lowest BCUT2D eigenvalue weighted by atomic mass is 9.86. The Labute approximate surface area is 747 Å². The topological polar surface area (TPSA) is 355 Å². The Hall–Kier alpha value is -15.7. The molecule has 8 amide bonds. The summed E-state index contributed by atoms with van der Waals surface area (Å²) in [5.41, 5.74) is 23.0. The van der Waals surface area contributed by atoms with Crippen molar-refractivity contribution in [3.8, 4) is 57.5 Å². The van der Waals surface area contributed by atoms with Crippen molar-refractivity contribution in [3.05, 3.63) is 273 Å². The monoisotopic (exact) mass is 1760 g/mol. The number of ether oxygens (including phenoxy) is 9. The molecule has 14 aromatic rings. The van der Waals surface area contributed by atoms with E-state index in [1.54, 1.807) is 59.9 Å². The van der Waals surface area contributed by atoms with Crippen molar-refractivity contribution in [1.29, 1.82) is 0 Å². The van der Waals surface area contributed by atoms with E-state index < -0.39 is 48.3 Å². The summed E-state index contributed by atoms with van der Waals surface area (Å²) in [4.78, 5) is 133. The third kappa shape index (κ3) is 13.2. The Balaban J connectivity index is 0.0000000996. The third-order valence-electron chi connectivity index (χ3n) is 27.4. The van der Waals surface area contributed by atoms with Crippen LogP contribution in [0.4, 0.5) is 0 Å². The number of phenolic OH excluding ortho intramolecular Hbond substituents is 1. The Kier molecular flexibility index (Phi) is 19.0. The molecular formula is C100H87N13O18. The van der Waals surface area contributed by atoms with Gasteiger partial charge in [-0.15, -0.1) is 0 Å². The molecular weight excluding hydrogens is 1670 g/mol. The molecule has 4 aromatic heterocycles. The molecule has 0 bridgehead atoms. The van der Waals surface area contributed by atoms with Crippen molar-refractivity contribution in [3.63, 3.8) is 0 Å². The van der Waals surface area contributed by atoms with Crippen LogP contribution in [0.5, 0.6) is 57.5 Å². The number of aromatic hydroxyl groups is 1. The number of nitrogens with one attached hydrogen (secondary N) is 4. The predicted octanol–water partition coefficient (Wildman–Crippen LogP) is 10.7. The number of nitrogens with two attached hydrogens (primary N) is 1. The number of benzene rings is 10. The summed E-state index contributed by atoms with van der Waals surface area (Å²) in [6.45, 7) is 1.86. The molecule has 16 heterocycles. The van der Waals surface area contributed by atoms with Gasteiger partial charge in [0.25, 0.3) is 0 Å². The van der Waals surface area contributed by atoms with Gasteiger partial charge in [0.05, 0.1) is 55.9 Å². The van der Waals surface area contributed by atoms with Gasteiger partial charge >= 0.3 is 0 Å². The fourth-order valence-corrected chi connectivity index (χ4v) is 21.3. The number of aromatic amines is 4. The molecule has 0 unspecified atom stereocenters. The summed E-state index contributed by atoms with van der Waals surface area (Å²) in [7, 11) is 6.74. The fraction of sp³-hybridized carbons (Fsp3) is 0.260. The van der Waals surface area contributed by atoms with Crippen molar-refractivity contribution in [2.75, 3.05) is 81.5 Å². The highest BCUT2D eigenvalue weighted by atomic mass is 16.7. The van der Waals surface area contributed by atoms with Crippen LogP contribution >= 0.6 is 0 Å². The van der Waals surface area contributed by atoms with Gasteiger partial charge in [-0.05, 0) is 140 Å². The van der Waals surface area contributed by atoms with E-state index in [4.69, 9.17) is 48.4 Å². The first-order valence-corrected chi connectivity index (χ1v) is 43.6. The van der Waals surface area contributed by atoms with Crippen molar-refractivity contribution in [1.82, 2.24) is 59.1 Å². The van der Waals surface area contributed by atoms with Crippen molar-refractivity contribution in [2.24, 2.45) is 5.73 Å². The molecule has 4 saturated heterocycles. The number of carbonyl (C=O) groups is 8. The molecule has 8 atom stereocenters. The predicted molar refractivity (Wildman–Crippen MR) is 477 cm³/mol. The lowest BCUT2D eigenvalue weighted by Gasteiger charge is -2.46. The molecule has 12 aliphatic rings. The van der Waals surface area contributed by atoms with Gasteiger partial charge in [0.2, 0.25) is 74.4 Å². The largest absolute Gasteiger partial charge is 0.508 e. The Morgan fingerprint density at radius 2 is 0.695 bits per heavy atom. The van der Waals surface area contributed by atoms with Crippen LogP contribution in [0.2, 0.25) is 0 Å². The number of carbonyl (C=O) groups excluding carboxylic acids is 8. The van der Waals surface area contributed by atoms with Crippen LogP contribution in [0.1, 0.15) is 103 Å². The molecule has 31 heteroatoms. The molecule has 0 saturated carbocycles.